The Morgan fingerprint density at radius 1 is 1.25 bits per heavy atom. The third kappa shape index (κ3) is 4.24. The Morgan fingerprint density at radius 2 is 2.04 bits per heavy atom. The molecule has 2 aliphatic heterocycles. The number of amides is 1. The predicted octanol–water partition coefficient (Wildman–Crippen LogP) is 2.35. The van der Waals surface area contributed by atoms with Crippen molar-refractivity contribution in [2.24, 2.45) is 5.92 Å². The number of rotatable bonds is 4. The van der Waals surface area contributed by atoms with E-state index < -0.39 is 0 Å². The summed E-state index contributed by atoms with van der Waals surface area (Å²) in [6, 6.07) is 10.7. The van der Waals surface area contributed by atoms with E-state index in [2.05, 4.69) is 5.32 Å². The highest BCUT2D eigenvalue weighted by molar-refractivity contribution is 6.30. The summed E-state index contributed by atoms with van der Waals surface area (Å²) in [4.78, 5) is 13.9. The predicted molar refractivity (Wildman–Crippen MR) is 106 cm³/mol. The van der Waals surface area contributed by atoms with E-state index in [4.69, 9.17) is 21.1 Å². The number of phenolic OH excluding ortho intramolecular Hbond substituents is 1. The van der Waals surface area contributed by atoms with Crippen LogP contribution in [0.25, 0.3) is 0 Å². The number of benzene rings is 2. The quantitative estimate of drug-likeness (QED) is 0.685. The molecular weight excluding hydrogens is 380 g/mol. The molecule has 0 spiro atoms. The van der Waals surface area contributed by atoms with Gasteiger partial charge in [0, 0.05) is 29.3 Å². The van der Waals surface area contributed by atoms with E-state index in [0.29, 0.717) is 17.3 Å². The van der Waals surface area contributed by atoms with Gasteiger partial charge in [-0.2, -0.15) is 0 Å². The van der Waals surface area contributed by atoms with Crippen LogP contribution in [-0.2, 0) is 22.7 Å². The van der Waals surface area contributed by atoms with E-state index in [1.165, 1.54) is 4.90 Å². The molecule has 6 nitrogen and oxygen atoms in total. The molecule has 1 amide bonds. The van der Waals surface area contributed by atoms with Crippen molar-refractivity contribution in [3.63, 3.8) is 0 Å². The molecule has 2 aromatic rings. The van der Waals surface area contributed by atoms with Gasteiger partial charge in [0.15, 0.2) is 6.79 Å². The zero-order chi connectivity index (χ0) is 19.5. The maximum Gasteiger partial charge on any atom is 0.228 e. The monoisotopic (exact) mass is 403 g/mol. The van der Waals surface area contributed by atoms with Crippen LogP contribution in [0, 0.1) is 5.92 Å². The van der Waals surface area contributed by atoms with Crippen LogP contribution in [0.2, 0.25) is 5.02 Å². The van der Waals surface area contributed by atoms with Crippen molar-refractivity contribution in [3.8, 4) is 11.5 Å². The molecule has 0 aliphatic carbocycles. The number of ether oxygens (including phenoxy) is 2. The molecule has 4 rings (SSSR count). The third-order valence-corrected chi connectivity index (χ3v) is 5.64. The number of halogens is 1. The lowest BCUT2D eigenvalue weighted by Gasteiger charge is -2.30. The van der Waals surface area contributed by atoms with E-state index in [1.807, 2.05) is 12.1 Å². The van der Waals surface area contributed by atoms with Crippen LogP contribution in [0.1, 0.15) is 24.0 Å². The van der Waals surface area contributed by atoms with Gasteiger partial charge in [0.25, 0.3) is 0 Å². The van der Waals surface area contributed by atoms with Gasteiger partial charge in [-0.3, -0.25) is 4.79 Å². The molecule has 2 aromatic carbocycles. The number of fused-ring (bicyclic) bond motifs is 1. The largest absolute Gasteiger partial charge is 0.506 e. The number of carbonyl (C=O) groups is 1. The first-order valence-corrected chi connectivity index (χ1v) is 9.92. The highest BCUT2D eigenvalue weighted by Gasteiger charge is 2.29. The van der Waals surface area contributed by atoms with Crippen LogP contribution >= 0.6 is 11.6 Å². The smallest absolute Gasteiger partial charge is 0.228 e. The van der Waals surface area contributed by atoms with Crippen LogP contribution in [-0.4, -0.2) is 30.9 Å². The normalized spacial score (nSPS) is 21.5. The molecule has 1 saturated heterocycles. The summed E-state index contributed by atoms with van der Waals surface area (Å²) >= 11 is 6.26. The summed E-state index contributed by atoms with van der Waals surface area (Å²) in [5.74, 6) is 0.915. The van der Waals surface area contributed by atoms with Crippen LogP contribution in [0.5, 0.6) is 11.5 Å². The average Bonchev–Trinajstić information content (AvgIpc) is 2.70. The fourth-order valence-corrected chi connectivity index (χ4v) is 4.20. The van der Waals surface area contributed by atoms with Crippen molar-refractivity contribution in [1.29, 1.82) is 0 Å². The second-order valence-corrected chi connectivity index (χ2v) is 7.81. The Bertz CT molecular complexity index is 865. The number of phenols is 1. The Balaban J connectivity index is 1.35. The van der Waals surface area contributed by atoms with Crippen molar-refractivity contribution in [2.75, 3.05) is 25.2 Å². The Kier molecular flexibility index (Phi) is 5.71. The first-order valence-electron chi connectivity index (χ1n) is 9.54. The minimum absolute atomic E-state index is 0.0267. The van der Waals surface area contributed by atoms with E-state index in [0.717, 1.165) is 49.4 Å². The number of para-hydroxylation sites is 2. The number of carbonyl (C=O) groups excluding carboxylic acids is 1. The Morgan fingerprint density at radius 3 is 2.82 bits per heavy atom. The summed E-state index contributed by atoms with van der Waals surface area (Å²) in [5.41, 5.74) is 2.55. The van der Waals surface area contributed by atoms with Crippen LogP contribution < -0.4 is 15.0 Å². The zero-order valence-corrected chi connectivity index (χ0v) is 16.3. The lowest BCUT2D eigenvalue weighted by Crippen LogP contribution is -3.11. The van der Waals surface area contributed by atoms with E-state index in [9.17, 15) is 9.90 Å². The molecule has 148 valence electrons. The van der Waals surface area contributed by atoms with Crippen LogP contribution in [0.15, 0.2) is 36.4 Å². The number of aromatic hydroxyl groups is 1. The van der Waals surface area contributed by atoms with Crippen molar-refractivity contribution in [3.05, 3.63) is 52.5 Å². The van der Waals surface area contributed by atoms with Gasteiger partial charge in [0.05, 0.1) is 30.9 Å². The molecule has 1 fully saturated rings. The first-order chi connectivity index (χ1) is 13.6. The Hall–Kier alpha value is -2.28. The molecule has 2 heterocycles. The van der Waals surface area contributed by atoms with Gasteiger partial charge in [-0.1, -0.05) is 23.7 Å². The standard InChI is InChI=1S/C21H23ClN2O4/c22-17-9-15(20-16(10-17)12-27-13-28-20)11-24-7-5-14(6-8-24)21(26)23-18-3-1-2-4-19(18)25/h1-4,9-10,14,25H,5-8,11-13H2,(H,23,26)/p+1. The molecule has 3 N–H and O–H groups in total. The number of piperidine rings is 1. The summed E-state index contributed by atoms with van der Waals surface area (Å²) < 4.78 is 11.0. The number of quaternary nitrogens is 1. The number of hydrogen-bond donors (Lipinski definition) is 3. The highest BCUT2D eigenvalue weighted by Crippen LogP contribution is 2.31. The Labute approximate surface area is 169 Å². The second kappa shape index (κ2) is 8.39. The molecule has 7 heteroatoms. The molecule has 0 atom stereocenters. The van der Waals surface area contributed by atoms with Gasteiger partial charge in [-0.25, -0.2) is 0 Å². The van der Waals surface area contributed by atoms with Gasteiger partial charge in [-0.05, 0) is 24.3 Å². The minimum atomic E-state index is -0.0405. The molecule has 0 bridgehead atoms. The lowest BCUT2D eigenvalue weighted by atomic mass is 9.95. The highest BCUT2D eigenvalue weighted by atomic mass is 35.5. The molecule has 0 saturated carbocycles. The van der Waals surface area contributed by atoms with Gasteiger partial charge in [-0.15, -0.1) is 0 Å². The average molecular weight is 404 g/mol. The molecule has 2 aliphatic rings. The molecule has 0 radical (unpaired) electrons. The maximum absolute atomic E-state index is 12.5. The first kappa shape index (κ1) is 19.1. The molecule has 28 heavy (non-hydrogen) atoms. The number of nitrogens with one attached hydrogen (secondary N) is 2. The minimum Gasteiger partial charge on any atom is -0.506 e. The number of likely N-dealkylation sites (tertiary alicyclic amines) is 1. The van der Waals surface area contributed by atoms with Crippen LogP contribution in [0.3, 0.4) is 0 Å². The maximum atomic E-state index is 12.5. The van der Waals surface area contributed by atoms with Crippen molar-refractivity contribution >= 4 is 23.2 Å². The topological polar surface area (TPSA) is 72.2 Å². The number of hydrogen-bond acceptors (Lipinski definition) is 4. The van der Waals surface area contributed by atoms with Crippen molar-refractivity contribution < 1.29 is 24.3 Å². The fourth-order valence-electron chi connectivity index (χ4n) is 3.94. The molecule has 0 unspecified atom stereocenters. The van der Waals surface area contributed by atoms with Crippen molar-refractivity contribution in [1.82, 2.24) is 0 Å². The number of anilines is 1. The fraction of sp³-hybridized carbons (Fsp3) is 0.381. The van der Waals surface area contributed by atoms with Crippen molar-refractivity contribution in [2.45, 2.75) is 26.0 Å². The van der Waals surface area contributed by atoms with Gasteiger partial charge in [0.1, 0.15) is 18.0 Å². The van der Waals surface area contributed by atoms with Gasteiger partial charge < -0.3 is 24.8 Å². The summed E-state index contributed by atoms with van der Waals surface area (Å²) in [6.45, 7) is 3.41. The summed E-state index contributed by atoms with van der Waals surface area (Å²) in [5, 5.41) is 13.4. The lowest BCUT2D eigenvalue weighted by molar-refractivity contribution is -0.919. The zero-order valence-electron chi connectivity index (χ0n) is 15.5. The van der Waals surface area contributed by atoms with E-state index in [-0.39, 0.29) is 24.4 Å². The van der Waals surface area contributed by atoms with Crippen LogP contribution in [0.4, 0.5) is 5.69 Å². The SMILES string of the molecule is O=C(Nc1ccccc1O)C1CC[NH+](Cc2cc(Cl)cc3c2OCOC3)CC1. The second-order valence-electron chi connectivity index (χ2n) is 7.37. The summed E-state index contributed by atoms with van der Waals surface area (Å²) in [7, 11) is 0. The summed E-state index contributed by atoms with van der Waals surface area (Å²) in [6.07, 6.45) is 1.61. The van der Waals surface area contributed by atoms with E-state index >= 15 is 0 Å². The van der Waals surface area contributed by atoms with E-state index in [1.54, 1.807) is 24.3 Å². The van der Waals surface area contributed by atoms with Gasteiger partial charge in [0.2, 0.25) is 5.91 Å². The molecule has 0 aromatic heterocycles. The third-order valence-electron chi connectivity index (χ3n) is 5.42. The molecular formula is C21H24ClN2O4+. The van der Waals surface area contributed by atoms with Gasteiger partial charge >= 0.3 is 0 Å².